The molecule has 1 spiro atoms. The molecule has 4 fully saturated rings. The Bertz CT molecular complexity index is 2710. The molecule has 4 bridgehead atoms. The first-order valence-corrected chi connectivity index (χ1v) is 19.9. The van der Waals surface area contributed by atoms with Crippen LogP contribution >= 0.6 is 0 Å². The highest BCUT2D eigenvalue weighted by molar-refractivity contribution is 6.07. The predicted molar refractivity (Wildman–Crippen MR) is 223 cm³/mol. The summed E-state index contributed by atoms with van der Waals surface area (Å²) in [6, 6.07) is 60.5. The third-order valence-electron chi connectivity index (χ3n) is 13.8. The number of benzene rings is 7. The Morgan fingerprint density at radius 3 is 1.81 bits per heavy atom. The van der Waals surface area contributed by atoms with E-state index in [4.69, 9.17) is 4.42 Å². The van der Waals surface area contributed by atoms with Crippen LogP contribution in [0.4, 0.5) is 17.1 Å². The van der Waals surface area contributed by atoms with Gasteiger partial charge in [0.1, 0.15) is 11.2 Å². The Balaban J connectivity index is 0.998. The second-order valence-corrected chi connectivity index (χ2v) is 16.5. The number of furan rings is 1. The van der Waals surface area contributed by atoms with Gasteiger partial charge in [-0.15, -0.1) is 0 Å². The number of nitrogens with zero attached hydrogens (tertiary/aromatic N) is 1. The first kappa shape index (κ1) is 30.6. The number of rotatable bonds is 5. The summed E-state index contributed by atoms with van der Waals surface area (Å²) < 4.78 is 6.64. The Hall–Kier alpha value is -5.86. The zero-order chi connectivity index (χ0) is 35.4. The number of hydrogen-bond donors (Lipinski definition) is 0. The van der Waals surface area contributed by atoms with Crippen molar-refractivity contribution in [2.45, 2.75) is 37.5 Å². The Morgan fingerprint density at radius 2 is 1.04 bits per heavy atom. The Kier molecular flexibility index (Phi) is 6.55. The lowest BCUT2D eigenvalue weighted by Crippen LogP contribution is -2.55. The second kappa shape index (κ2) is 11.6. The van der Waals surface area contributed by atoms with E-state index in [9.17, 15) is 0 Å². The normalized spacial score (nSPS) is 23.3. The third kappa shape index (κ3) is 4.34. The maximum Gasteiger partial charge on any atom is 0.137 e. The van der Waals surface area contributed by atoms with Crippen LogP contribution in [0.5, 0.6) is 0 Å². The zero-order valence-electron chi connectivity index (χ0n) is 30.3. The number of anilines is 3. The minimum absolute atomic E-state index is 0.178. The van der Waals surface area contributed by atoms with Gasteiger partial charge in [0.2, 0.25) is 0 Å². The molecule has 2 heteroatoms. The van der Waals surface area contributed by atoms with Crippen LogP contribution in [0.3, 0.4) is 0 Å². The summed E-state index contributed by atoms with van der Waals surface area (Å²) in [6.45, 7) is 0. The summed E-state index contributed by atoms with van der Waals surface area (Å²) in [6.07, 6.45) is 7.09. The van der Waals surface area contributed by atoms with E-state index < -0.39 is 0 Å². The van der Waals surface area contributed by atoms with Gasteiger partial charge in [0.05, 0.1) is 5.69 Å². The minimum Gasteiger partial charge on any atom is -0.456 e. The van der Waals surface area contributed by atoms with E-state index in [1.807, 2.05) is 0 Å². The maximum atomic E-state index is 6.64. The van der Waals surface area contributed by atoms with Crippen molar-refractivity contribution in [1.29, 1.82) is 0 Å². The fraction of sp³-hybridized carbons (Fsp3) is 0.192. The molecule has 5 aliphatic rings. The van der Waals surface area contributed by atoms with Crippen molar-refractivity contribution in [1.82, 2.24) is 0 Å². The highest BCUT2D eigenvalue weighted by Gasteiger charge is 2.61. The predicted octanol–water partition coefficient (Wildman–Crippen LogP) is 14.1. The third-order valence-corrected chi connectivity index (χ3v) is 13.8. The van der Waals surface area contributed by atoms with Gasteiger partial charge in [-0.2, -0.15) is 0 Å². The van der Waals surface area contributed by atoms with Crippen LogP contribution in [-0.4, -0.2) is 0 Å². The van der Waals surface area contributed by atoms with Gasteiger partial charge < -0.3 is 9.32 Å². The molecule has 0 radical (unpaired) electrons. The summed E-state index contributed by atoms with van der Waals surface area (Å²) in [5, 5.41) is 2.27. The van der Waals surface area contributed by atoms with Gasteiger partial charge in [0.15, 0.2) is 0 Å². The molecule has 1 aromatic heterocycles. The van der Waals surface area contributed by atoms with Crippen molar-refractivity contribution in [3.05, 3.63) is 175 Å². The molecule has 8 aromatic rings. The molecule has 0 aliphatic heterocycles. The van der Waals surface area contributed by atoms with E-state index in [0.717, 1.165) is 68.2 Å². The van der Waals surface area contributed by atoms with Gasteiger partial charge in [-0.3, -0.25) is 0 Å². The van der Waals surface area contributed by atoms with Gasteiger partial charge >= 0.3 is 0 Å². The lowest BCUT2D eigenvalue weighted by atomic mass is 9.43. The molecule has 260 valence electrons. The first-order valence-electron chi connectivity index (χ1n) is 19.9. The molecule has 0 atom stereocenters. The maximum absolute atomic E-state index is 6.64. The smallest absolute Gasteiger partial charge is 0.137 e. The number of fused-ring (bicyclic) bond motifs is 6. The SMILES string of the molecule is c1ccc(-c2ccc3c(c2)oc2cc(N(c4ccccc4)c4ccccc4-c4ccc5c(c4)-c4ccccc4C54C5CC6CC(C5)CC4C6)ccc23)cc1. The van der Waals surface area contributed by atoms with Crippen LogP contribution in [-0.2, 0) is 5.41 Å². The van der Waals surface area contributed by atoms with E-state index in [2.05, 4.69) is 169 Å². The summed E-state index contributed by atoms with van der Waals surface area (Å²) in [7, 11) is 0. The molecule has 13 rings (SSSR count). The number of para-hydroxylation sites is 2. The van der Waals surface area contributed by atoms with Crippen molar-refractivity contribution >= 4 is 39.0 Å². The van der Waals surface area contributed by atoms with Crippen molar-refractivity contribution in [2.24, 2.45) is 23.7 Å². The highest BCUT2D eigenvalue weighted by Crippen LogP contribution is 2.69. The average molecular weight is 696 g/mol. The molecule has 4 saturated carbocycles. The van der Waals surface area contributed by atoms with Crippen molar-refractivity contribution < 1.29 is 4.42 Å². The molecule has 0 amide bonds. The van der Waals surface area contributed by atoms with Gasteiger partial charge in [-0.25, -0.2) is 0 Å². The Labute approximate surface area is 316 Å². The largest absolute Gasteiger partial charge is 0.456 e. The van der Waals surface area contributed by atoms with Gasteiger partial charge in [0.25, 0.3) is 0 Å². The molecule has 0 saturated heterocycles. The summed E-state index contributed by atoms with van der Waals surface area (Å²) in [5.74, 6) is 3.41. The molecule has 0 N–H and O–H groups in total. The van der Waals surface area contributed by atoms with Gasteiger partial charge in [-0.05, 0) is 143 Å². The van der Waals surface area contributed by atoms with Crippen LogP contribution in [0.15, 0.2) is 168 Å². The van der Waals surface area contributed by atoms with Crippen LogP contribution in [0, 0.1) is 23.7 Å². The molecule has 0 unspecified atom stereocenters. The zero-order valence-corrected chi connectivity index (χ0v) is 30.3. The summed E-state index contributed by atoms with van der Waals surface area (Å²) >= 11 is 0. The topological polar surface area (TPSA) is 16.4 Å². The van der Waals surface area contributed by atoms with Crippen LogP contribution in [0.1, 0.15) is 43.2 Å². The minimum atomic E-state index is 0.178. The van der Waals surface area contributed by atoms with Crippen molar-refractivity contribution in [3.8, 4) is 33.4 Å². The van der Waals surface area contributed by atoms with E-state index in [-0.39, 0.29) is 5.41 Å². The highest BCUT2D eigenvalue weighted by atomic mass is 16.3. The monoisotopic (exact) mass is 695 g/mol. The molecule has 54 heavy (non-hydrogen) atoms. The first-order chi connectivity index (χ1) is 26.7. The number of hydrogen-bond acceptors (Lipinski definition) is 2. The average Bonchev–Trinajstić information content (AvgIpc) is 3.73. The van der Waals surface area contributed by atoms with E-state index >= 15 is 0 Å². The van der Waals surface area contributed by atoms with E-state index in [1.54, 1.807) is 11.1 Å². The standard InChI is InChI=1S/C52H41NO/c1-3-11-35(12-4-1)36-19-22-44-45-23-21-41(32-51(45)54-50(44)31-36)53(40-13-5-2-6-14-40)49-18-10-8-15-42(49)37-20-24-48-46(30-37)43-16-7-9-17-47(43)52(48)38-26-33-25-34(28-38)29-39(52)27-33/h1-24,30-34,38-39H,25-29H2. The van der Waals surface area contributed by atoms with Crippen LogP contribution < -0.4 is 4.90 Å². The Morgan fingerprint density at radius 1 is 0.426 bits per heavy atom. The second-order valence-electron chi connectivity index (χ2n) is 16.5. The summed E-state index contributed by atoms with van der Waals surface area (Å²) in [4.78, 5) is 2.40. The van der Waals surface area contributed by atoms with Crippen LogP contribution in [0.2, 0.25) is 0 Å². The molecule has 1 heterocycles. The van der Waals surface area contributed by atoms with Crippen molar-refractivity contribution in [2.75, 3.05) is 4.90 Å². The van der Waals surface area contributed by atoms with Crippen molar-refractivity contribution in [3.63, 3.8) is 0 Å². The molecule has 5 aliphatic carbocycles. The summed E-state index contributed by atoms with van der Waals surface area (Å²) in [5.41, 5.74) is 16.3. The fourth-order valence-corrected chi connectivity index (χ4v) is 12.0. The quantitative estimate of drug-likeness (QED) is 0.178. The molecular weight excluding hydrogens is 655 g/mol. The molecule has 7 aromatic carbocycles. The van der Waals surface area contributed by atoms with Gasteiger partial charge in [-0.1, -0.05) is 109 Å². The lowest BCUT2D eigenvalue weighted by molar-refractivity contribution is -0.0399. The lowest BCUT2D eigenvalue weighted by Gasteiger charge is -2.61. The fourth-order valence-electron chi connectivity index (χ4n) is 12.0. The molecular formula is C52H41NO. The van der Waals surface area contributed by atoms with E-state index in [1.165, 1.54) is 59.9 Å². The molecule has 2 nitrogen and oxygen atoms in total. The van der Waals surface area contributed by atoms with Gasteiger partial charge in [0, 0.05) is 39.2 Å². The van der Waals surface area contributed by atoms with Crippen LogP contribution in [0.25, 0.3) is 55.3 Å². The van der Waals surface area contributed by atoms with E-state index in [0.29, 0.717) is 0 Å².